The molecule has 0 aromatic heterocycles. The number of carboxylic acids is 1. The third kappa shape index (κ3) is 5.02. The summed E-state index contributed by atoms with van der Waals surface area (Å²) in [5, 5.41) is 10.0. The van der Waals surface area contributed by atoms with Gasteiger partial charge in [-0.25, -0.2) is 9.59 Å². The second kappa shape index (κ2) is 9.98. The molecule has 3 rings (SSSR count). The van der Waals surface area contributed by atoms with E-state index in [0.29, 0.717) is 25.2 Å². The van der Waals surface area contributed by atoms with Gasteiger partial charge in [0, 0.05) is 13.2 Å². The number of aliphatic carboxylic acids is 1. The molecular weight excluding hydrogens is 444 g/mol. The lowest BCUT2D eigenvalue weighted by molar-refractivity contribution is -0.162. The van der Waals surface area contributed by atoms with Crippen LogP contribution in [-0.4, -0.2) is 87.0 Å². The smallest absolute Gasteiger partial charge is 0.410 e. The number of carboxylic acid groups (broad SMARTS) is 1. The SMILES string of the molecule is C=CCOC(=O)N1CCOC[C@H]1C1=C(C(=O)O)N2C(=O)[C@@H]([C@@H](CO[SiH](C)C)C(C)(C)C)[C@H]2C1. The van der Waals surface area contributed by atoms with Crippen LogP contribution in [0.25, 0.3) is 0 Å². The molecule has 3 aliphatic rings. The maximum Gasteiger partial charge on any atom is 0.410 e. The zero-order chi connectivity index (χ0) is 24.5. The van der Waals surface area contributed by atoms with Gasteiger partial charge in [-0.15, -0.1) is 0 Å². The van der Waals surface area contributed by atoms with Crippen LogP contribution < -0.4 is 0 Å². The third-order valence-electron chi connectivity index (χ3n) is 6.69. The van der Waals surface area contributed by atoms with Crippen LogP contribution in [0.1, 0.15) is 27.2 Å². The van der Waals surface area contributed by atoms with Crippen molar-refractivity contribution < 1.29 is 33.4 Å². The van der Waals surface area contributed by atoms with Crippen LogP contribution in [0, 0.1) is 17.3 Å². The number of morpholine rings is 1. The van der Waals surface area contributed by atoms with E-state index in [9.17, 15) is 19.5 Å². The summed E-state index contributed by atoms with van der Waals surface area (Å²) in [5.41, 5.74) is 0.339. The largest absolute Gasteiger partial charge is 0.477 e. The van der Waals surface area contributed by atoms with Gasteiger partial charge in [0.2, 0.25) is 5.91 Å². The van der Waals surface area contributed by atoms with Gasteiger partial charge in [-0.3, -0.25) is 9.69 Å². The number of carbonyl (C=O) groups is 3. The van der Waals surface area contributed by atoms with Crippen LogP contribution in [0.5, 0.6) is 0 Å². The van der Waals surface area contributed by atoms with Crippen LogP contribution in [0.2, 0.25) is 13.1 Å². The van der Waals surface area contributed by atoms with Crippen LogP contribution in [-0.2, 0) is 23.5 Å². The molecule has 9 nitrogen and oxygen atoms in total. The third-order valence-corrected chi connectivity index (χ3v) is 7.55. The summed E-state index contributed by atoms with van der Waals surface area (Å²) in [6.45, 7) is 15.4. The molecule has 0 bridgehead atoms. The van der Waals surface area contributed by atoms with Gasteiger partial charge in [-0.2, -0.15) is 0 Å². The quantitative estimate of drug-likeness (QED) is 0.323. The molecule has 1 N–H and O–H groups in total. The first kappa shape index (κ1) is 25.4. The molecular formula is C23H36N2O7Si. The van der Waals surface area contributed by atoms with Crippen molar-refractivity contribution in [3.63, 3.8) is 0 Å². The van der Waals surface area contributed by atoms with Crippen molar-refractivity contribution in [2.45, 2.75) is 52.4 Å². The first-order valence-electron chi connectivity index (χ1n) is 11.5. The molecule has 2 amide bonds. The van der Waals surface area contributed by atoms with Gasteiger partial charge >= 0.3 is 12.1 Å². The fraction of sp³-hybridized carbons (Fsp3) is 0.696. The first-order valence-corrected chi connectivity index (χ1v) is 14.3. The number of amides is 2. The first-order chi connectivity index (χ1) is 15.5. The van der Waals surface area contributed by atoms with E-state index in [2.05, 4.69) is 40.4 Å². The highest BCUT2D eigenvalue weighted by atomic mass is 28.3. The summed E-state index contributed by atoms with van der Waals surface area (Å²) in [6.07, 6.45) is 1.33. The lowest BCUT2D eigenvalue weighted by atomic mass is 9.66. The number of hydrogen-bond acceptors (Lipinski definition) is 6. The maximum absolute atomic E-state index is 13.3. The standard InChI is InChI=1S/C23H36N2O7Si/c1-7-9-31-22(29)24-8-10-30-13-17(24)14-11-16-18(20(26)25(16)19(14)21(27)28)15(23(2,3)4)12-32-33(5)6/h7,15-18,33H,1,8-13H2,2-6H3,(H,27,28)/t15-,16-,17+,18+/m1/s1. The summed E-state index contributed by atoms with van der Waals surface area (Å²) in [7, 11) is -1.28. The molecule has 2 fully saturated rings. The summed E-state index contributed by atoms with van der Waals surface area (Å²) in [4.78, 5) is 41.1. The van der Waals surface area contributed by atoms with E-state index in [-0.39, 0.29) is 54.7 Å². The second-order valence-corrected chi connectivity index (χ2v) is 12.6. The Morgan fingerprint density at radius 1 is 1.36 bits per heavy atom. The number of hydrogen-bond donors (Lipinski definition) is 1. The molecule has 0 radical (unpaired) electrons. The highest BCUT2D eigenvalue weighted by Crippen LogP contribution is 2.50. The van der Waals surface area contributed by atoms with Crippen LogP contribution in [0.15, 0.2) is 23.9 Å². The molecule has 0 saturated carbocycles. The molecule has 0 aromatic rings. The Morgan fingerprint density at radius 3 is 2.64 bits per heavy atom. The van der Waals surface area contributed by atoms with Crippen molar-refractivity contribution >= 4 is 27.0 Å². The zero-order valence-corrected chi connectivity index (χ0v) is 21.4. The Balaban J connectivity index is 1.89. The molecule has 0 aromatic carbocycles. The van der Waals surface area contributed by atoms with Crippen molar-refractivity contribution in [2.24, 2.45) is 17.3 Å². The number of β-lactam (4-membered cyclic amide) rings is 1. The predicted molar refractivity (Wildman–Crippen MR) is 124 cm³/mol. The number of carbonyl (C=O) groups excluding carboxylic acids is 2. The fourth-order valence-corrected chi connectivity index (χ4v) is 5.62. The Labute approximate surface area is 197 Å². The van der Waals surface area contributed by atoms with Crippen molar-refractivity contribution in [3.05, 3.63) is 23.9 Å². The van der Waals surface area contributed by atoms with Crippen LogP contribution in [0.3, 0.4) is 0 Å². The topological polar surface area (TPSA) is 106 Å². The van der Waals surface area contributed by atoms with Gasteiger partial charge in [0.25, 0.3) is 0 Å². The van der Waals surface area contributed by atoms with Gasteiger partial charge in [0.1, 0.15) is 12.3 Å². The van der Waals surface area contributed by atoms with Crippen molar-refractivity contribution in [1.29, 1.82) is 0 Å². The molecule has 0 aliphatic carbocycles. The lowest BCUT2D eigenvalue weighted by Crippen LogP contribution is -2.63. The van der Waals surface area contributed by atoms with Crippen LogP contribution in [0.4, 0.5) is 4.79 Å². The van der Waals surface area contributed by atoms with Crippen molar-refractivity contribution in [1.82, 2.24) is 9.80 Å². The number of nitrogens with zero attached hydrogens (tertiary/aromatic N) is 2. The molecule has 10 heteroatoms. The number of rotatable bonds is 8. The zero-order valence-electron chi connectivity index (χ0n) is 20.2. The Bertz CT molecular complexity index is 835. The molecule has 3 heterocycles. The Morgan fingerprint density at radius 2 is 2.06 bits per heavy atom. The Hall–Kier alpha value is -2.17. The molecule has 3 aliphatic heterocycles. The average Bonchev–Trinajstić information content (AvgIpc) is 3.09. The van der Waals surface area contributed by atoms with Gasteiger partial charge < -0.3 is 23.9 Å². The molecule has 4 atom stereocenters. The van der Waals surface area contributed by atoms with Crippen molar-refractivity contribution in [2.75, 3.05) is 33.0 Å². The normalized spacial score (nSPS) is 26.2. The minimum Gasteiger partial charge on any atom is -0.477 e. The highest BCUT2D eigenvalue weighted by molar-refractivity contribution is 6.48. The molecule has 0 spiro atoms. The fourth-order valence-electron chi connectivity index (χ4n) is 5.03. The maximum atomic E-state index is 13.3. The minimum absolute atomic E-state index is 0.0231. The lowest BCUT2D eigenvalue weighted by Gasteiger charge is -2.50. The van der Waals surface area contributed by atoms with Gasteiger partial charge in [0.15, 0.2) is 9.04 Å². The minimum atomic E-state index is -1.28. The van der Waals surface area contributed by atoms with E-state index in [1.807, 2.05) is 0 Å². The van der Waals surface area contributed by atoms with E-state index in [1.54, 1.807) is 0 Å². The summed E-state index contributed by atoms with van der Waals surface area (Å²) in [5.74, 6) is -1.71. The molecule has 184 valence electrons. The monoisotopic (exact) mass is 480 g/mol. The average molecular weight is 481 g/mol. The number of ether oxygens (including phenoxy) is 2. The van der Waals surface area contributed by atoms with E-state index in [1.165, 1.54) is 15.9 Å². The highest BCUT2D eigenvalue weighted by Gasteiger charge is 2.60. The Kier molecular flexibility index (Phi) is 7.70. The van der Waals surface area contributed by atoms with Gasteiger partial charge in [0.05, 0.1) is 31.2 Å². The summed E-state index contributed by atoms with van der Waals surface area (Å²) in [6, 6.07) is -0.846. The molecule has 0 unspecified atom stereocenters. The molecule has 2 saturated heterocycles. The number of fused-ring (bicyclic) bond motifs is 1. The van der Waals surface area contributed by atoms with E-state index < -0.39 is 27.1 Å². The van der Waals surface area contributed by atoms with E-state index in [4.69, 9.17) is 13.9 Å². The predicted octanol–water partition coefficient (Wildman–Crippen LogP) is 2.24. The van der Waals surface area contributed by atoms with E-state index >= 15 is 0 Å². The van der Waals surface area contributed by atoms with E-state index in [0.717, 1.165) is 0 Å². The van der Waals surface area contributed by atoms with Crippen LogP contribution >= 0.6 is 0 Å². The van der Waals surface area contributed by atoms with Gasteiger partial charge in [-0.1, -0.05) is 33.4 Å². The molecule has 33 heavy (non-hydrogen) atoms. The summed E-state index contributed by atoms with van der Waals surface area (Å²) < 4.78 is 16.8. The summed E-state index contributed by atoms with van der Waals surface area (Å²) >= 11 is 0. The van der Waals surface area contributed by atoms with Crippen molar-refractivity contribution in [3.8, 4) is 0 Å². The second-order valence-electron chi connectivity index (χ2n) is 10.2. The van der Waals surface area contributed by atoms with Gasteiger partial charge in [-0.05, 0) is 36.4 Å².